The Bertz CT molecular complexity index is 778. The van der Waals surface area contributed by atoms with Crippen LogP contribution < -0.4 is 4.90 Å². The van der Waals surface area contributed by atoms with Crippen LogP contribution in [0.1, 0.15) is 6.42 Å². The van der Waals surface area contributed by atoms with Crippen LogP contribution in [0.5, 0.6) is 0 Å². The molecule has 3 heterocycles. The number of carbonyl (C=O) groups is 1. The zero-order valence-electron chi connectivity index (χ0n) is 14.2. The van der Waals surface area contributed by atoms with Crippen LogP contribution in [0.2, 0.25) is 0 Å². The van der Waals surface area contributed by atoms with Gasteiger partial charge in [0.2, 0.25) is 5.91 Å². The maximum Gasteiger partial charge on any atom is 0.248 e. The molecule has 4 atom stereocenters. The Balaban J connectivity index is 1.58. The Labute approximate surface area is 145 Å². The highest BCUT2D eigenvalue weighted by atomic mass is 16.3. The molecule has 2 aromatic heterocycles. The topological polar surface area (TPSA) is 106 Å². The summed E-state index contributed by atoms with van der Waals surface area (Å²) in [5, 5.41) is 20.1. The fraction of sp³-hybridized carbons (Fsp3) is 0.588. The minimum atomic E-state index is -0.445. The van der Waals surface area contributed by atoms with Gasteiger partial charge in [0.25, 0.3) is 0 Å². The van der Waals surface area contributed by atoms with Gasteiger partial charge in [0.15, 0.2) is 0 Å². The van der Waals surface area contributed by atoms with Crippen LogP contribution in [-0.4, -0.2) is 75.4 Å². The normalized spacial score (nSPS) is 28.5. The van der Waals surface area contributed by atoms with Crippen molar-refractivity contribution in [3.63, 3.8) is 0 Å². The Morgan fingerprint density at radius 1 is 1.40 bits per heavy atom. The standard InChI is InChI=1S/C17H23N5O3/c1-21(17-11-2-3-18-16(11)19-9-20-17)14-4-10-5-22(15(25)8-24)6-12(10)13(14)7-23/h2-3,9-10,12-14,23-24H,4-8H2,1H3,(H,18,19,20). The Morgan fingerprint density at radius 2 is 2.24 bits per heavy atom. The van der Waals surface area contributed by atoms with Crippen molar-refractivity contribution in [1.82, 2.24) is 19.9 Å². The van der Waals surface area contributed by atoms with E-state index in [-0.39, 0.29) is 30.4 Å². The molecule has 0 spiro atoms. The van der Waals surface area contributed by atoms with Gasteiger partial charge in [-0.05, 0) is 24.3 Å². The monoisotopic (exact) mass is 345 g/mol. The van der Waals surface area contributed by atoms with E-state index >= 15 is 0 Å². The SMILES string of the molecule is CN(c1ncnc2[nH]ccc12)C1CC2CN(C(=O)CO)CC2C1CO. The van der Waals surface area contributed by atoms with Gasteiger partial charge in [0.1, 0.15) is 24.4 Å². The summed E-state index contributed by atoms with van der Waals surface area (Å²) in [6, 6.07) is 2.13. The molecule has 0 bridgehead atoms. The van der Waals surface area contributed by atoms with Gasteiger partial charge in [-0.25, -0.2) is 9.97 Å². The number of likely N-dealkylation sites (tertiary alicyclic amines) is 1. The summed E-state index contributed by atoms with van der Waals surface area (Å²) < 4.78 is 0. The quantitative estimate of drug-likeness (QED) is 0.711. The van der Waals surface area contributed by atoms with Gasteiger partial charge in [-0.3, -0.25) is 4.79 Å². The number of nitrogens with zero attached hydrogens (tertiary/aromatic N) is 4. The van der Waals surface area contributed by atoms with Crippen molar-refractivity contribution in [2.24, 2.45) is 17.8 Å². The van der Waals surface area contributed by atoms with Crippen LogP contribution in [0.3, 0.4) is 0 Å². The molecule has 25 heavy (non-hydrogen) atoms. The largest absolute Gasteiger partial charge is 0.396 e. The van der Waals surface area contributed by atoms with Gasteiger partial charge in [-0.1, -0.05) is 0 Å². The number of rotatable bonds is 4. The third kappa shape index (κ3) is 2.56. The highest BCUT2D eigenvalue weighted by Gasteiger charge is 2.50. The van der Waals surface area contributed by atoms with E-state index in [1.165, 1.54) is 0 Å². The molecule has 0 aromatic carbocycles. The highest BCUT2D eigenvalue weighted by molar-refractivity contribution is 5.87. The Kier molecular flexibility index (Phi) is 4.09. The third-order valence-corrected chi connectivity index (χ3v) is 5.94. The summed E-state index contributed by atoms with van der Waals surface area (Å²) in [5.41, 5.74) is 0.801. The predicted octanol–water partition coefficient (Wildman–Crippen LogP) is -0.158. The molecule has 0 radical (unpaired) electrons. The minimum absolute atomic E-state index is 0.0791. The fourth-order valence-electron chi connectivity index (χ4n) is 4.70. The summed E-state index contributed by atoms with van der Waals surface area (Å²) in [5.74, 6) is 1.33. The van der Waals surface area contributed by atoms with E-state index in [2.05, 4.69) is 19.9 Å². The Morgan fingerprint density at radius 3 is 3.00 bits per heavy atom. The molecule has 2 fully saturated rings. The summed E-state index contributed by atoms with van der Waals surface area (Å²) >= 11 is 0. The van der Waals surface area contributed by atoms with Crippen molar-refractivity contribution < 1.29 is 15.0 Å². The maximum atomic E-state index is 11.8. The molecule has 1 aliphatic carbocycles. The maximum absolute atomic E-state index is 11.8. The van der Waals surface area contributed by atoms with E-state index in [1.807, 2.05) is 19.3 Å². The molecular formula is C17H23N5O3. The number of hydrogen-bond acceptors (Lipinski definition) is 6. The van der Waals surface area contributed by atoms with E-state index in [4.69, 9.17) is 5.11 Å². The average molecular weight is 345 g/mol. The van der Waals surface area contributed by atoms with Gasteiger partial charge in [-0.15, -0.1) is 0 Å². The summed E-state index contributed by atoms with van der Waals surface area (Å²) in [7, 11) is 2.01. The second kappa shape index (κ2) is 6.27. The van der Waals surface area contributed by atoms with E-state index in [1.54, 1.807) is 11.2 Å². The number of aliphatic hydroxyl groups excluding tert-OH is 2. The highest BCUT2D eigenvalue weighted by Crippen LogP contribution is 2.45. The third-order valence-electron chi connectivity index (χ3n) is 5.94. The molecule has 4 unspecified atom stereocenters. The minimum Gasteiger partial charge on any atom is -0.396 e. The molecular weight excluding hydrogens is 322 g/mol. The molecule has 134 valence electrons. The van der Waals surface area contributed by atoms with E-state index in [9.17, 15) is 9.90 Å². The first kappa shape index (κ1) is 16.3. The molecule has 1 aliphatic heterocycles. The predicted molar refractivity (Wildman–Crippen MR) is 91.9 cm³/mol. The number of aromatic nitrogens is 3. The van der Waals surface area contributed by atoms with Crippen LogP contribution >= 0.6 is 0 Å². The lowest BCUT2D eigenvalue weighted by Gasteiger charge is -2.32. The average Bonchev–Trinajstić information content (AvgIpc) is 3.33. The number of carbonyl (C=O) groups excluding carboxylic acids is 1. The van der Waals surface area contributed by atoms with Crippen molar-refractivity contribution in [3.05, 3.63) is 18.6 Å². The van der Waals surface area contributed by atoms with Crippen molar-refractivity contribution in [2.75, 3.05) is 38.3 Å². The van der Waals surface area contributed by atoms with Crippen molar-refractivity contribution in [3.8, 4) is 0 Å². The van der Waals surface area contributed by atoms with Gasteiger partial charge in [0, 0.05) is 44.9 Å². The first-order valence-electron chi connectivity index (χ1n) is 8.64. The van der Waals surface area contributed by atoms with Crippen LogP contribution in [0, 0.1) is 17.8 Å². The molecule has 4 rings (SSSR count). The number of aromatic amines is 1. The number of aliphatic hydroxyl groups is 2. The first-order chi connectivity index (χ1) is 12.1. The Hall–Kier alpha value is -2.19. The first-order valence-corrected chi connectivity index (χ1v) is 8.64. The summed E-state index contributed by atoms with van der Waals surface area (Å²) in [4.78, 5) is 27.4. The molecule has 2 aromatic rings. The number of fused-ring (bicyclic) bond motifs is 2. The number of amides is 1. The van der Waals surface area contributed by atoms with E-state index in [0.29, 0.717) is 19.0 Å². The van der Waals surface area contributed by atoms with Crippen LogP contribution in [0.15, 0.2) is 18.6 Å². The van der Waals surface area contributed by atoms with E-state index < -0.39 is 6.61 Å². The smallest absolute Gasteiger partial charge is 0.248 e. The molecule has 2 aliphatic rings. The van der Waals surface area contributed by atoms with Gasteiger partial charge >= 0.3 is 0 Å². The van der Waals surface area contributed by atoms with Crippen LogP contribution in [0.25, 0.3) is 11.0 Å². The molecule has 1 saturated heterocycles. The second-order valence-corrected chi connectivity index (χ2v) is 7.08. The van der Waals surface area contributed by atoms with E-state index in [0.717, 1.165) is 23.3 Å². The summed E-state index contributed by atoms with van der Waals surface area (Å²) in [6.45, 7) is 0.912. The molecule has 1 amide bonds. The van der Waals surface area contributed by atoms with Gasteiger partial charge < -0.3 is 25.0 Å². The van der Waals surface area contributed by atoms with Crippen molar-refractivity contribution in [1.29, 1.82) is 0 Å². The van der Waals surface area contributed by atoms with Crippen LogP contribution in [0.4, 0.5) is 5.82 Å². The number of anilines is 1. The lowest BCUT2D eigenvalue weighted by Crippen LogP contribution is -2.41. The fourth-order valence-corrected chi connectivity index (χ4v) is 4.70. The number of hydrogen-bond donors (Lipinski definition) is 3. The lowest BCUT2D eigenvalue weighted by molar-refractivity contribution is -0.133. The van der Waals surface area contributed by atoms with Gasteiger partial charge in [-0.2, -0.15) is 0 Å². The molecule has 1 saturated carbocycles. The molecule has 8 nitrogen and oxygen atoms in total. The van der Waals surface area contributed by atoms with Crippen LogP contribution in [-0.2, 0) is 4.79 Å². The molecule has 8 heteroatoms. The van der Waals surface area contributed by atoms with Crippen molar-refractivity contribution in [2.45, 2.75) is 12.5 Å². The zero-order valence-corrected chi connectivity index (χ0v) is 14.2. The van der Waals surface area contributed by atoms with Gasteiger partial charge in [0.05, 0.1) is 5.39 Å². The number of nitrogens with one attached hydrogen (secondary N) is 1. The van der Waals surface area contributed by atoms with Crippen molar-refractivity contribution >= 4 is 22.8 Å². The number of H-pyrrole nitrogens is 1. The lowest BCUT2D eigenvalue weighted by atomic mass is 9.91. The molecule has 3 N–H and O–H groups in total. The zero-order chi connectivity index (χ0) is 17.6. The second-order valence-electron chi connectivity index (χ2n) is 7.08. The summed E-state index contributed by atoms with van der Waals surface area (Å²) in [6.07, 6.45) is 4.30.